The Hall–Kier alpha value is -0.860. The fourth-order valence-electron chi connectivity index (χ4n) is 2.63. The average Bonchev–Trinajstić information content (AvgIpc) is 2.75. The summed E-state index contributed by atoms with van der Waals surface area (Å²) in [5.74, 6) is 0.865. The number of hydrogen-bond acceptors (Lipinski definition) is 2. The van der Waals surface area contributed by atoms with Crippen LogP contribution in [0.5, 0.6) is 0 Å². The van der Waals surface area contributed by atoms with Crippen LogP contribution in [0.4, 0.5) is 0 Å². The van der Waals surface area contributed by atoms with Crippen LogP contribution in [0, 0.1) is 5.92 Å². The number of nitrogens with zero attached hydrogens (tertiary/aromatic N) is 1. The van der Waals surface area contributed by atoms with Gasteiger partial charge in [0.2, 0.25) is 0 Å². The maximum Gasteiger partial charge on any atom is 0.0233 e. The molecule has 1 heterocycles. The molecule has 0 amide bonds. The van der Waals surface area contributed by atoms with Gasteiger partial charge in [-0.3, -0.25) is 4.90 Å². The van der Waals surface area contributed by atoms with E-state index in [1.54, 1.807) is 0 Å². The zero-order valence-electron chi connectivity index (χ0n) is 10.8. The van der Waals surface area contributed by atoms with E-state index >= 15 is 0 Å². The van der Waals surface area contributed by atoms with Crippen molar-refractivity contribution < 1.29 is 0 Å². The highest BCUT2D eigenvalue weighted by atomic mass is 15.1. The Kier molecular flexibility index (Phi) is 4.57. The van der Waals surface area contributed by atoms with Crippen LogP contribution >= 0.6 is 0 Å². The Bertz CT molecular complexity index is 321. The van der Waals surface area contributed by atoms with Crippen LogP contribution < -0.4 is 5.73 Å². The third-order valence-corrected chi connectivity index (χ3v) is 3.65. The van der Waals surface area contributed by atoms with Crippen molar-refractivity contribution in [3.8, 4) is 0 Å². The Balaban J connectivity index is 1.74. The van der Waals surface area contributed by atoms with Gasteiger partial charge in [-0.2, -0.15) is 0 Å². The molecule has 2 heteroatoms. The molecule has 1 aliphatic heterocycles. The van der Waals surface area contributed by atoms with Crippen molar-refractivity contribution in [1.82, 2.24) is 4.90 Å². The van der Waals surface area contributed by atoms with Gasteiger partial charge in [0.25, 0.3) is 0 Å². The Morgan fingerprint density at radius 3 is 2.82 bits per heavy atom. The largest absolute Gasteiger partial charge is 0.328 e. The first-order valence-corrected chi connectivity index (χ1v) is 6.76. The Morgan fingerprint density at radius 2 is 2.12 bits per heavy atom. The maximum absolute atomic E-state index is 5.82. The molecule has 1 fully saturated rings. The van der Waals surface area contributed by atoms with E-state index in [9.17, 15) is 0 Å². The van der Waals surface area contributed by atoms with E-state index in [-0.39, 0.29) is 0 Å². The van der Waals surface area contributed by atoms with Gasteiger partial charge in [0.1, 0.15) is 0 Å². The Morgan fingerprint density at radius 1 is 1.35 bits per heavy atom. The third kappa shape index (κ3) is 4.14. The predicted octanol–water partition coefficient (Wildman–Crippen LogP) is 2.64. The lowest BCUT2D eigenvalue weighted by Crippen LogP contribution is -2.21. The molecule has 0 saturated carbocycles. The molecule has 2 unspecified atom stereocenters. The molecule has 1 aromatic rings. The predicted molar refractivity (Wildman–Crippen MR) is 72.7 cm³/mol. The fraction of sp³-hybridized carbons (Fsp3) is 0.600. The van der Waals surface area contributed by atoms with E-state index in [2.05, 4.69) is 42.2 Å². The van der Waals surface area contributed by atoms with Gasteiger partial charge < -0.3 is 5.73 Å². The van der Waals surface area contributed by atoms with E-state index in [1.807, 2.05) is 0 Å². The van der Waals surface area contributed by atoms with Gasteiger partial charge in [-0.15, -0.1) is 0 Å². The number of likely N-dealkylation sites (tertiary alicyclic amines) is 1. The molecule has 2 nitrogen and oxygen atoms in total. The summed E-state index contributed by atoms with van der Waals surface area (Å²) < 4.78 is 0. The third-order valence-electron chi connectivity index (χ3n) is 3.65. The number of rotatable bonds is 5. The van der Waals surface area contributed by atoms with Gasteiger partial charge in [0.05, 0.1) is 0 Å². The van der Waals surface area contributed by atoms with Gasteiger partial charge in [-0.25, -0.2) is 0 Å². The van der Waals surface area contributed by atoms with Crippen molar-refractivity contribution in [2.45, 2.75) is 38.8 Å². The summed E-state index contributed by atoms with van der Waals surface area (Å²) in [4.78, 5) is 2.57. The summed E-state index contributed by atoms with van der Waals surface area (Å²) in [6.07, 6.45) is 3.81. The zero-order chi connectivity index (χ0) is 12.1. The van der Waals surface area contributed by atoms with Crippen LogP contribution in [0.3, 0.4) is 0 Å². The fourth-order valence-corrected chi connectivity index (χ4v) is 2.63. The highest BCUT2D eigenvalue weighted by Crippen LogP contribution is 2.22. The van der Waals surface area contributed by atoms with Crippen molar-refractivity contribution in [1.29, 1.82) is 0 Å². The van der Waals surface area contributed by atoms with E-state index in [0.29, 0.717) is 6.04 Å². The molecule has 0 radical (unpaired) electrons. The highest BCUT2D eigenvalue weighted by molar-refractivity contribution is 5.14. The molecule has 2 rings (SSSR count). The van der Waals surface area contributed by atoms with Crippen molar-refractivity contribution in [2.75, 3.05) is 13.1 Å². The quantitative estimate of drug-likeness (QED) is 0.845. The highest BCUT2D eigenvalue weighted by Gasteiger charge is 2.22. The second-order valence-corrected chi connectivity index (χ2v) is 5.43. The van der Waals surface area contributed by atoms with Gasteiger partial charge in [-0.05, 0) is 44.2 Å². The number of nitrogens with two attached hydrogens (primary N) is 1. The second-order valence-electron chi connectivity index (χ2n) is 5.43. The van der Waals surface area contributed by atoms with Crippen molar-refractivity contribution >= 4 is 0 Å². The SMILES string of the molecule is CC(N)CCC1CCN(Cc2ccccc2)C1. The minimum atomic E-state index is 0.359. The number of hydrogen-bond donors (Lipinski definition) is 1. The minimum absolute atomic E-state index is 0.359. The summed E-state index contributed by atoms with van der Waals surface area (Å²) >= 11 is 0. The van der Waals surface area contributed by atoms with Crippen LogP contribution in [0.25, 0.3) is 0 Å². The van der Waals surface area contributed by atoms with Gasteiger partial charge in [-0.1, -0.05) is 30.3 Å². The maximum atomic E-state index is 5.82. The van der Waals surface area contributed by atoms with Crippen molar-refractivity contribution in [3.05, 3.63) is 35.9 Å². The zero-order valence-corrected chi connectivity index (χ0v) is 10.8. The molecule has 94 valence electrons. The van der Waals surface area contributed by atoms with Gasteiger partial charge >= 0.3 is 0 Å². The minimum Gasteiger partial charge on any atom is -0.328 e. The van der Waals surface area contributed by atoms with Crippen LogP contribution in [0.2, 0.25) is 0 Å². The molecule has 0 aliphatic carbocycles. The molecule has 17 heavy (non-hydrogen) atoms. The van der Waals surface area contributed by atoms with Crippen LogP contribution in [0.1, 0.15) is 31.7 Å². The van der Waals surface area contributed by atoms with Gasteiger partial charge in [0, 0.05) is 19.1 Å². The Labute approximate surface area is 105 Å². The molecule has 1 aliphatic rings. The van der Waals surface area contributed by atoms with Crippen molar-refractivity contribution in [3.63, 3.8) is 0 Å². The number of benzene rings is 1. The van der Waals surface area contributed by atoms with E-state index in [4.69, 9.17) is 5.73 Å². The van der Waals surface area contributed by atoms with E-state index in [0.717, 1.165) is 12.5 Å². The smallest absolute Gasteiger partial charge is 0.0233 e. The molecule has 1 saturated heterocycles. The van der Waals surface area contributed by atoms with Crippen molar-refractivity contribution in [2.24, 2.45) is 11.7 Å². The molecule has 2 N–H and O–H groups in total. The van der Waals surface area contributed by atoms with E-state index in [1.165, 1.54) is 37.9 Å². The first-order valence-electron chi connectivity index (χ1n) is 6.76. The molecule has 0 aromatic heterocycles. The molecular formula is C15H24N2. The molecule has 0 spiro atoms. The monoisotopic (exact) mass is 232 g/mol. The first kappa shape index (κ1) is 12.6. The first-order chi connectivity index (χ1) is 8.24. The summed E-state index contributed by atoms with van der Waals surface area (Å²) in [6.45, 7) is 5.71. The molecule has 0 bridgehead atoms. The lowest BCUT2D eigenvalue weighted by Gasteiger charge is -2.16. The summed E-state index contributed by atoms with van der Waals surface area (Å²) in [5, 5.41) is 0. The second kappa shape index (κ2) is 6.18. The summed E-state index contributed by atoms with van der Waals surface area (Å²) in [5.41, 5.74) is 7.25. The van der Waals surface area contributed by atoms with Gasteiger partial charge in [0.15, 0.2) is 0 Å². The lowest BCUT2D eigenvalue weighted by molar-refractivity contribution is 0.311. The van der Waals surface area contributed by atoms with Crippen LogP contribution in [0.15, 0.2) is 30.3 Å². The molecular weight excluding hydrogens is 208 g/mol. The van der Waals surface area contributed by atoms with Crippen LogP contribution in [-0.2, 0) is 6.54 Å². The summed E-state index contributed by atoms with van der Waals surface area (Å²) in [6, 6.07) is 11.1. The summed E-state index contributed by atoms with van der Waals surface area (Å²) in [7, 11) is 0. The normalized spacial score (nSPS) is 22.8. The molecule has 1 aromatic carbocycles. The molecule has 2 atom stereocenters. The lowest BCUT2D eigenvalue weighted by atomic mass is 10.0. The van der Waals surface area contributed by atoms with E-state index < -0.39 is 0 Å². The topological polar surface area (TPSA) is 29.3 Å². The average molecular weight is 232 g/mol. The van der Waals surface area contributed by atoms with Crippen LogP contribution in [-0.4, -0.2) is 24.0 Å². The standard InChI is InChI=1S/C15H24N2/c1-13(16)7-8-15-9-10-17(12-15)11-14-5-3-2-4-6-14/h2-6,13,15H,7-12,16H2,1H3.